The van der Waals surface area contributed by atoms with Crippen molar-refractivity contribution in [1.29, 1.82) is 0 Å². The van der Waals surface area contributed by atoms with Crippen LogP contribution >= 0.6 is 11.3 Å². The number of methoxy groups -OCH3 is 1. The molecule has 2 N–H and O–H groups in total. The molecule has 1 saturated heterocycles. The number of nitrogens with one attached hydrogen (secondary N) is 1. The number of hydrogen-bond donors (Lipinski definition) is 2. The Balaban J connectivity index is 1.44. The maximum atomic E-state index is 13.5. The Labute approximate surface area is 206 Å². The van der Waals surface area contributed by atoms with Crippen molar-refractivity contribution in [3.8, 4) is 11.4 Å². The lowest BCUT2D eigenvalue weighted by atomic mass is 10.0. The van der Waals surface area contributed by atoms with Crippen LogP contribution in [0.4, 0.5) is 10.6 Å². The molecule has 0 radical (unpaired) electrons. The van der Waals surface area contributed by atoms with Gasteiger partial charge in [0, 0.05) is 62.9 Å². The van der Waals surface area contributed by atoms with E-state index in [1.165, 1.54) is 0 Å². The molecular weight excluding hydrogens is 470 g/mol. The SMILES string of the molecule is COCC1(CN(C)c2cc(C(=O)N3CCC(NC(=O)O)CC3)nc(-c3cnn4ccsc34)n2)CC1. The van der Waals surface area contributed by atoms with E-state index in [4.69, 9.17) is 14.8 Å². The van der Waals surface area contributed by atoms with Crippen LogP contribution in [0.25, 0.3) is 16.2 Å². The van der Waals surface area contributed by atoms with E-state index in [1.807, 2.05) is 18.6 Å². The first-order valence-electron chi connectivity index (χ1n) is 11.7. The first-order chi connectivity index (χ1) is 16.9. The fourth-order valence-corrected chi connectivity index (χ4v) is 5.51. The molecule has 1 aliphatic heterocycles. The molecule has 2 aliphatic rings. The van der Waals surface area contributed by atoms with Crippen LogP contribution < -0.4 is 10.2 Å². The maximum Gasteiger partial charge on any atom is 0.404 e. The lowest BCUT2D eigenvalue weighted by Gasteiger charge is -2.32. The Kier molecular flexibility index (Phi) is 6.32. The number of aromatic nitrogens is 4. The third kappa shape index (κ3) is 4.94. The molecular formula is C23H29N7O4S. The number of hydrogen-bond acceptors (Lipinski definition) is 8. The van der Waals surface area contributed by atoms with Crippen LogP contribution in [0.3, 0.4) is 0 Å². The highest BCUT2D eigenvalue weighted by Crippen LogP contribution is 2.46. The number of likely N-dealkylation sites (tertiary alicyclic amines) is 1. The molecule has 5 rings (SSSR count). The number of carboxylic acid groups (broad SMARTS) is 1. The lowest BCUT2D eigenvalue weighted by molar-refractivity contribution is 0.0700. The molecule has 0 aromatic carbocycles. The number of anilines is 1. The van der Waals surface area contributed by atoms with E-state index in [0.717, 1.165) is 29.8 Å². The average molecular weight is 500 g/mol. The van der Waals surface area contributed by atoms with Crippen LogP contribution in [0.15, 0.2) is 23.8 Å². The van der Waals surface area contributed by atoms with Gasteiger partial charge in [-0.2, -0.15) is 5.10 Å². The fraction of sp³-hybridized carbons (Fsp3) is 0.522. The molecule has 11 nitrogen and oxygen atoms in total. The van der Waals surface area contributed by atoms with Gasteiger partial charge in [0.1, 0.15) is 16.3 Å². The summed E-state index contributed by atoms with van der Waals surface area (Å²) in [5.74, 6) is 0.970. The summed E-state index contributed by atoms with van der Waals surface area (Å²) < 4.78 is 7.21. The first-order valence-corrected chi connectivity index (χ1v) is 12.5. The molecule has 2 amide bonds. The number of ether oxygens (including phenoxy) is 1. The van der Waals surface area contributed by atoms with Crippen molar-refractivity contribution < 1.29 is 19.4 Å². The summed E-state index contributed by atoms with van der Waals surface area (Å²) in [6.07, 6.45) is 5.92. The Morgan fingerprint density at radius 3 is 2.77 bits per heavy atom. The normalized spacial score (nSPS) is 17.5. The Morgan fingerprint density at radius 1 is 1.31 bits per heavy atom. The highest BCUT2D eigenvalue weighted by atomic mass is 32.1. The van der Waals surface area contributed by atoms with Crippen LogP contribution in [-0.2, 0) is 4.74 Å². The largest absolute Gasteiger partial charge is 0.465 e. The summed E-state index contributed by atoms with van der Waals surface area (Å²) in [6, 6.07) is 1.61. The minimum absolute atomic E-state index is 0.122. The molecule has 0 bridgehead atoms. The molecule has 1 aliphatic carbocycles. The first kappa shape index (κ1) is 23.5. The molecule has 3 aromatic heterocycles. The average Bonchev–Trinajstić information content (AvgIpc) is 3.24. The number of carbonyl (C=O) groups excluding carboxylic acids is 1. The van der Waals surface area contributed by atoms with Gasteiger partial charge in [0.2, 0.25) is 0 Å². The molecule has 4 heterocycles. The van der Waals surface area contributed by atoms with Gasteiger partial charge in [-0.15, -0.1) is 11.3 Å². The Morgan fingerprint density at radius 2 is 2.09 bits per heavy atom. The van der Waals surface area contributed by atoms with Crippen molar-refractivity contribution in [2.45, 2.75) is 31.7 Å². The molecule has 0 atom stereocenters. The van der Waals surface area contributed by atoms with Crippen LogP contribution in [0.1, 0.15) is 36.2 Å². The number of amides is 2. The Bertz CT molecular complexity index is 1230. The minimum Gasteiger partial charge on any atom is -0.465 e. The van der Waals surface area contributed by atoms with E-state index >= 15 is 0 Å². The third-order valence-electron chi connectivity index (χ3n) is 6.79. The zero-order valence-corrected chi connectivity index (χ0v) is 20.6. The third-order valence-corrected chi connectivity index (χ3v) is 7.67. The van der Waals surface area contributed by atoms with Crippen LogP contribution in [-0.4, -0.2) is 88.0 Å². The van der Waals surface area contributed by atoms with Gasteiger partial charge in [0.25, 0.3) is 5.91 Å². The smallest absolute Gasteiger partial charge is 0.404 e. The van der Waals surface area contributed by atoms with Gasteiger partial charge in [-0.25, -0.2) is 19.3 Å². The number of thiazole rings is 1. The quantitative estimate of drug-likeness (QED) is 0.485. The summed E-state index contributed by atoms with van der Waals surface area (Å²) >= 11 is 1.54. The minimum atomic E-state index is -1.04. The second-order valence-corrected chi connectivity index (χ2v) is 10.3. The lowest BCUT2D eigenvalue weighted by Crippen LogP contribution is -2.46. The number of fused-ring (bicyclic) bond motifs is 1. The number of nitrogens with zero attached hydrogens (tertiary/aromatic N) is 6. The van der Waals surface area contributed by atoms with E-state index in [0.29, 0.717) is 49.9 Å². The van der Waals surface area contributed by atoms with Crippen molar-refractivity contribution in [3.05, 3.63) is 29.5 Å². The molecule has 35 heavy (non-hydrogen) atoms. The van der Waals surface area contributed by atoms with Crippen LogP contribution in [0.5, 0.6) is 0 Å². The van der Waals surface area contributed by atoms with E-state index in [9.17, 15) is 9.59 Å². The molecule has 186 valence electrons. The molecule has 1 saturated carbocycles. The van der Waals surface area contributed by atoms with Gasteiger partial charge in [-0.05, 0) is 25.7 Å². The second-order valence-electron chi connectivity index (χ2n) is 9.45. The van der Waals surface area contributed by atoms with Gasteiger partial charge >= 0.3 is 6.09 Å². The predicted molar refractivity (Wildman–Crippen MR) is 131 cm³/mol. The molecule has 2 fully saturated rings. The zero-order chi connectivity index (χ0) is 24.6. The van der Waals surface area contributed by atoms with E-state index in [-0.39, 0.29) is 17.4 Å². The standard InChI is InChI=1S/C23H29N7O4S/c1-28(13-23(5-6-23)14-34-2)18-11-17(20(31)29-7-3-15(4-8-29)25-22(32)33)26-19(27-18)16-12-24-30-9-10-35-21(16)30/h9-12,15,25H,3-8,13-14H2,1-2H3,(H,32,33). The van der Waals surface area contributed by atoms with Gasteiger partial charge in [0.05, 0.1) is 18.4 Å². The summed E-state index contributed by atoms with van der Waals surface area (Å²) in [7, 11) is 3.71. The van der Waals surface area contributed by atoms with E-state index < -0.39 is 6.09 Å². The molecule has 0 unspecified atom stereocenters. The highest BCUT2D eigenvalue weighted by Gasteiger charge is 2.43. The van der Waals surface area contributed by atoms with Crippen molar-refractivity contribution in [2.75, 3.05) is 45.3 Å². The van der Waals surface area contributed by atoms with Crippen molar-refractivity contribution in [1.82, 2.24) is 29.8 Å². The number of piperidine rings is 1. The van der Waals surface area contributed by atoms with Crippen molar-refractivity contribution in [3.63, 3.8) is 0 Å². The highest BCUT2D eigenvalue weighted by molar-refractivity contribution is 7.16. The summed E-state index contributed by atoms with van der Waals surface area (Å²) in [4.78, 5) is 38.7. The van der Waals surface area contributed by atoms with Gasteiger partial charge in [-0.3, -0.25) is 4.79 Å². The monoisotopic (exact) mass is 499 g/mol. The summed E-state index contributed by atoms with van der Waals surface area (Å²) in [5.41, 5.74) is 1.23. The zero-order valence-electron chi connectivity index (χ0n) is 19.8. The van der Waals surface area contributed by atoms with E-state index in [2.05, 4.69) is 20.3 Å². The van der Waals surface area contributed by atoms with Crippen LogP contribution in [0.2, 0.25) is 0 Å². The van der Waals surface area contributed by atoms with E-state index in [1.54, 1.807) is 40.1 Å². The fourth-order valence-electron chi connectivity index (χ4n) is 4.72. The number of carbonyl (C=O) groups is 2. The number of rotatable bonds is 8. The summed E-state index contributed by atoms with van der Waals surface area (Å²) in [6.45, 7) is 2.40. The molecule has 0 spiro atoms. The van der Waals surface area contributed by atoms with Crippen molar-refractivity contribution >= 4 is 34.0 Å². The van der Waals surface area contributed by atoms with Gasteiger partial charge < -0.3 is 25.0 Å². The Hall–Kier alpha value is -3.25. The summed E-state index contributed by atoms with van der Waals surface area (Å²) in [5, 5.41) is 17.8. The van der Waals surface area contributed by atoms with Gasteiger partial charge in [-0.1, -0.05) is 0 Å². The van der Waals surface area contributed by atoms with Crippen LogP contribution in [0, 0.1) is 5.41 Å². The van der Waals surface area contributed by atoms with Crippen molar-refractivity contribution in [2.24, 2.45) is 5.41 Å². The molecule has 3 aromatic rings. The van der Waals surface area contributed by atoms with Gasteiger partial charge in [0.15, 0.2) is 5.82 Å². The topological polar surface area (TPSA) is 125 Å². The maximum absolute atomic E-state index is 13.5. The predicted octanol–water partition coefficient (Wildman–Crippen LogP) is 2.59. The second kappa shape index (κ2) is 9.42. The molecule has 12 heteroatoms.